The summed E-state index contributed by atoms with van der Waals surface area (Å²) in [4.78, 5) is 10.4. The molecule has 0 heterocycles. The lowest BCUT2D eigenvalue weighted by Gasteiger charge is -1.97. The fourth-order valence-corrected chi connectivity index (χ4v) is 0.655. The average molecular weight is 194 g/mol. The van der Waals surface area contributed by atoms with Gasteiger partial charge < -0.3 is 4.74 Å². The van der Waals surface area contributed by atoms with Crippen LogP contribution in [0.15, 0.2) is 30.3 Å². The molecule has 1 rings (SSSR count). The van der Waals surface area contributed by atoms with Crippen molar-refractivity contribution < 1.29 is 9.53 Å². The van der Waals surface area contributed by atoms with Gasteiger partial charge in [0.1, 0.15) is 5.75 Å². The Hall–Kier alpha value is -1.31. The quantitative estimate of drug-likeness (QED) is 0.506. The highest BCUT2D eigenvalue weighted by Crippen LogP contribution is 2.07. The van der Waals surface area contributed by atoms with Gasteiger partial charge >= 0.3 is 5.97 Å². The van der Waals surface area contributed by atoms with Crippen molar-refractivity contribution in [3.63, 3.8) is 0 Å². The van der Waals surface area contributed by atoms with E-state index in [9.17, 15) is 4.79 Å². The number of esters is 1. The molecule has 0 aliphatic carbocycles. The zero-order valence-electron chi connectivity index (χ0n) is 9.28. The van der Waals surface area contributed by atoms with E-state index in [0.29, 0.717) is 5.75 Å². The predicted molar refractivity (Wildman–Crippen MR) is 58.3 cm³/mol. The van der Waals surface area contributed by atoms with Crippen LogP contribution in [0.2, 0.25) is 0 Å². The molecule has 0 saturated carbocycles. The second-order valence-electron chi connectivity index (χ2n) is 3.64. The molecule has 0 N–H and O–H groups in total. The zero-order valence-corrected chi connectivity index (χ0v) is 9.28. The lowest BCUT2D eigenvalue weighted by atomic mass is 10.3. The molecule has 0 unspecified atom stereocenters. The van der Waals surface area contributed by atoms with Crippen molar-refractivity contribution in [3.05, 3.63) is 30.3 Å². The van der Waals surface area contributed by atoms with E-state index in [1.807, 2.05) is 18.2 Å². The number of carbonyl (C=O) groups is 1. The molecule has 0 aromatic heterocycles. The highest BCUT2D eigenvalue weighted by atomic mass is 16.5. The molecule has 0 aliphatic heterocycles. The predicted octanol–water partition coefficient (Wildman–Crippen LogP) is 3.27. The third-order valence-electron chi connectivity index (χ3n) is 1.00. The fraction of sp³-hybridized carbons (Fsp3) is 0.417. The van der Waals surface area contributed by atoms with Crippen LogP contribution in [0.25, 0.3) is 0 Å². The van der Waals surface area contributed by atoms with Crippen LogP contribution in [0.3, 0.4) is 0 Å². The van der Waals surface area contributed by atoms with Gasteiger partial charge in [0.25, 0.3) is 0 Å². The molecule has 0 saturated heterocycles. The van der Waals surface area contributed by atoms with Crippen LogP contribution in [0.5, 0.6) is 5.75 Å². The van der Waals surface area contributed by atoms with E-state index in [4.69, 9.17) is 4.74 Å². The van der Waals surface area contributed by atoms with Gasteiger partial charge in [-0.25, -0.2) is 0 Å². The van der Waals surface area contributed by atoms with E-state index >= 15 is 0 Å². The summed E-state index contributed by atoms with van der Waals surface area (Å²) in [5.74, 6) is 1.14. The Morgan fingerprint density at radius 2 is 1.57 bits per heavy atom. The normalized spacial score (nSPS) is 8.93. The Bertz CT molecular complexity index is 250. The zero-order chi connectivity index (χ0) is 11.0. The van der Waals surface area contributed by atoms with Crippen molar-refractivity contribution in [2.75, 3.05) is 0 Å². The summed E-state index contributed by atoms with van der Waals surface area (Å²) in [6, 6.07) is 8.98. The lowest BCUT2D eigenvalue weighted by Crippen LogP contribution is -2.00. The smallest absolute Gasteiger partial charge is 0.308 e. The molecule has 1 aromatic rings. The van der Waals surface area contributed by atoms with E-state index < -0.39 is 0 Å². The molecule has 0 aliphatic rings. The molecule has 0 atom stereocenters. The van der Waals surface area contributed by atoms with Crippen molar-refractivity contribution in [1.82, 2.24) is 0 Å². The SMILES string of the molecule is CC(=O)Oc1ccccc1.CC(C)C. The minimum Gasteiger partial charge on any atom is -0.427 e. The molecule has 0 radical (unpaired) electrons. The second-order valence-corrected chi connectivity index (χ2v) is 3.64. The molecule has 14 heavy (non-hydrogen) atoms. The number of ether oxygens (including phenoxy) is 1. The number of hydrogen-bond acceptors (Lipinski definition) is 2. The molecule has 2 heteroatoms. The number of hydrogen-bond donors (Lipinski definition) is 0. The number of rotatable bonds is 1. The van der Waals surface area contributed by atoms with Gasteiger partial charge in [0.05, 0.1) is 0 Å². The van der Waals surface area contributed by atoms with Gasteiger partial charge in [0, 0.05) is 6.92 Å². The Labute approximate surface area is 85.9 Å². The molecular formula is C12H18O2. The van der Waals surface area contributed by atoms with Gasteiger partial charge in [-0.3, -0.25) is 4.79 Å². The molecule has 1 aromatic carbocycles. The van der Waals surface area contributed by atoms with Gasteiger partial charge in [-0.2, -0.15) is 0 Å². The topological polar surface area (TPSA) is 26.3 Å². The third-order valence-corrected chi connectivity index (χ3v) is 1.00. The minimum atomic E-state index is -0.286. The van der Waals surface area contributed by atoms with E-state index in [-0.39, 0.29) is 5.97 Å². The first kappa shape index (κ1) is 12.7. The molecule has 78 valence electrons. The Morgan fingerprint density at radius 1 is 1.14 bits per heavy atom. The van der Waals surface area contributed by atoms with Gasteiger partial charge in [0.2, 0.25) is 0 Å². The highest BCUT2D eigenvalue weighted by molar-refractivity contribution is 5.69. The van der Waals surface area contributed by atoms with Crippen molar-refractivity contribution >= 4 is 5.97 Å². The number of para-hydroxylation sites is 1. The Morgan fingerprint density at radius 3 is 1.93 bits per heavy atom. The average Bonchev–Trinajstić information content (AvgIpc) is 2.03. The van der Waals surface area contributed by atoms with Crippen molar-refractivity contribution in [3.8, 4) is 5.75 Å². The van der Waals surface area contributed by atoms with Gasteiger partial charge in [0.15, 0.2) is 0 Å². The first-order valence-electron chi connectivity index (χ1n) is 4.76. The first-order chi connectivity index (χ1) is 6.52. The largest absolute Gasteiger partial charge is 0.427 e. The summed E-state index contributed by atoms with van der Waals surface area (Å²) >= 11 is 0. The third kappa shape index (κ3) is 8.78. The summed E-state index contributed by atoms with van der Waals surface area (Å²) < 4.78 is 4.78. The molecule has 0 fully saturated rings. The molecule has 2 nitrogen and oxygen atoms in total. The maximum Gasteiger partial charge on any atom is 0.308 e. The minimum absolute atomic E-state index is 0.286. The maximum atomic E-state index is 10.4. The second kappa shape index (κ2) is 7.13. The van der Waals surface area contributed by atoms with Crippen molar-refractivity contribution in [2.24, 2.45) is 5.92 Å². The van der Waals surface area contributed by atoms with Gasteiger partial charge in [-0.05, 0) is 18.1 Å². The summed E-state index contributed by atoms with van der Waals surface area (Å²) in [5.41, 5.74) is 0. The number of benzene rings is 1. The van der Waals surface area contributed by atoms with Crippen LogP contribution in [-0.2, 0) is 4.79 Å². The van der Waals surface area contributed by atoms with Crippen LogP contribution in [0.1, 0.15) is 27.7 Å². The van der Waals surface area contributed by atoms with Crippen LogP contribution in [0, 0.1) is 5.92 Å². The van der Waals surface area contributed by atoms with Crippen LogP contribution >= 0.6 is 0 Å². The standard InChI is InChI=1S/C8H8O2.C4H10/c1-7(9)10-8-5-3-2-4-6-8;1-4(2)3/h2-6H,1H3;4H,1-3H3. The monoisotopic (exact) mass is 194 g/mol. The first-order valence-corrected chi connectivity index (χ1v) is 4.76. The van der Waals surface area contributed by atoms with Crippen LogP contribution in [-0.4, -0.2) is 5.97 Å². The number of carbonyl (C=O) groups excluding carboxylic acids is 1. The van der Waals surface area contributed by atoms with Gasteiger partial charge in [-0.1, -0.05) is 39.0 Å². The lowest BCUT2D eigenvalue weighted by molar-refractivity contribution is -0.131. The van der Waals surface area contributed by atoms with E-state index in [1.165, 1.54) is 6.92 Å². The van der Waals surface area contributed by atoms with E-state index in [2.05, 4.69) is 20.8 Å². The van der Waals surface area contributed by atoms with Crippen molar-refractivity contribution in [2.45, 2.75) is 27.7 Å². The van der Waals surface area contributed by atoms with Gasteiger partial charge in [-0.15, -0.1) is 0 Å². The molecule has 0 spiro atoms. The maximum absolute atomic E-state index is 10.4. The highest BCUT2D eigenvalue weighted by Gasteiger charge is 1.92. The fourth-order valence-electron chi connectivity index (χ4n) is 0.655. The Kier molecular flexibility index (Phi) is 6.46. The van der Waals surface area contributed by atoms with Crippen molar-refractivity contribution in [1.29, 1.82) is 0 Å². The summed E-state index contributed by atoms with van der Waals surface area (Å²) in [6.07, 6.45) is 0. The molecule has 0 amide bonds. The summed E-state index contributed by atoms with van der Waals surface area (Å²) in [6.45, 7) is 7.88. The summed E-state index contributed by atoms with van der Waals surface area (Å²) in [5, 5.41) is 0. The van der Waals surface area contributed by atoms with E-state index in [0.717, 1.165) is 5.92 Å². The van der Waals surface area contributed by atoms with Crippen LogP contribution < -0.4 is 4.74 Å². The van der Waals surface area contributed by atoms with Crippen LogP contribution in [0.4, 0.5) is 0 Å². The molecular weight excluding hydrogens is 176 g/mol. The van der Waals surface area contributed by atoms with E-state index in [1.54, 1.807) is 12.1 Å². The molecule has 0 bridgehead atoms. The Balaban J connectivity index is 0.000000364. The summed E-state index contributed by atoms with van der Waals surface area (Å²) in [7, 11) is 0.